The average molecular weight is 693 g/mol. The van der Waals surface area contributed by atoms with Crippen LogP contribution in [0.4, 0.5) is 0 Å². The molecule has 0 saturated heterocycles. The number of hydrogen-bond acceptors (Lipinski definition) is 0. The van der Waals surface area contributed by atoms with Gasteiger partial charge in [0.2, 0.25) is 0 Å². The van der Waals surface area contributed by atoms with Gasteiger partial charge < -0.3 is 24.8 Å². The van der Waals surface area contributed by atoms with Crippen LogP contribution in [0.2, 0.25) is 0 Å². The van der Waals surface area contributed by atoms with Crippen molar-refractivity contribution < 1.29 is 48.1 Å². The van der Waals surface area contributed by atoms with E-state index in [2.05, 4.69) is 94.4 Å². The van der Waals surface area contributed by atoms with Gasteiger partial charge in [0.15, 0.2) is 0 Å². The molecule has 4 aliphatic rings. The molecule has 222 valence electrons. The van der Waals surface area contributed by atoms with E-state index in [1.165, 1.54) is 55.3 Å². The number of halogens is 2. The van der Waals surface area contributed by atoms with Crippen molar-refractivity contribution in [1.29, 1.82) is 0 Å². The van der Waals surface area contributed by atoms with Gasteiger partial charge in [0, 0.05) is 0 Å². The van der Waals surface area contributed by atoms with Crippen LogP contribution in [-0.2, 0) is 23.3 Å². The minimum atomic E-state index is -0.455. The van der Waals surface area contributed by atoms with Crippen molar-refractivity contribution in [1.82, 2.24) is 0 Å². The van der Waals surface area contributed by atoms with E-state index in [-0.39, 0.29) is 24.8 Å². The number of benzene rings is 2. The maximum absolute atomic E-state index is 2.60. The third kappa shape index (κ3) is 7.90. The van der Waals surface area contributed by atoms with E-state index >= 15 is 0 Å². The molecule has 0 radical (unpaired) electrons. The summed E-state index contributed by atoms with van der Waals surface area (Å²) in [6, 6.07) is 31.7. The molecule has 4 unspecified atom stereocenters. The summed E-state index contributed by atoms with van der Waals surface area (Å²) in [5.74, 6) is 5.32. The molecule has 0 aromatic heterocycles. The first-order valence-electron chi connectivity index (χ1n) is 15.5. The summed E-state index contributed by atoms with van der Waals surface area (Å²) in [4.78, 5) is 0. The van der Waals surface area contributed by atoms with Gasteiger partial charge in [-0.1, -0.05) is 68.9 Å². The first-order chi connectivity index (χ1) is 19.4. The van der Waals surface area contributed by atoms with Crippen LogP contribution in [0.3, 0.4) is 0 Å². The van der Waals surface area contributed by atoms with Crippen molar-refractivity contribution >= 4 is 15.8 Å². The Balaban J connectivity index is 0.000000200. The maximum atomic E-state index is 2.60. The van der Waals surface area contributed by atoms with Gasteiger partial charge in [0.25, 0.3) is 0 Å². The Morgan fingerprint density at radius 1 is 0.833 bits per heavy atom. The Hall–Kier alpha value is -1.18. The van der Waals surface area contributed by atoms with E-state index in [9.17, 15) is 0 Å². The Morgan fingerprint density at radius 2 is 1.43 bits per heavy atom. The second-order valence-electron chi connectivity index (χ2n) is 12.9. The summed E-state index contributed by atoms with van der Waals surface area (Å²) in [5.41, 5.74) is 5.51. The van der Waals surface area contributed by atoms with E-state index in [4.69, 9.17) is 0 Å². The topological polar surface area (TPSA) is 0 Å². The van der Waals surface area contributed by atoms with Crippen molar-refractivity contribution in [3.05, 3.63) is 120 Å². The van der Waals surface area contributed by atoms with E-state index in [0.717, 1.165) is 23.7 Å². The SMILES string of the molecule is C[C-]1C2=C3CC4=CCCCC4C3CCC2CC(C)C1(C)C.[Cl-].[Cl-].[Zr+2]=[Si](c1ccccc1)c1ccccc1.c1cc[cH-]c1. The zero-order valence-electron chi connectivity index (χ0n) is 25.8. The largest absolute Gasteiger partial charge is 0.214 e. The smallest absolute Gasteiger partial charge is 0.172 e. The van der Waals surface area contributed by atoms with Crippen molar-refractivity contribution in [2.24, 2.45) is 29.1 Å². The third-order valence-electron chi connectivity index (χ3n) is 10.4. The van der Waals surface area contributed by atoms with Gasteiger partial charge in [-0.3, -0.25) is 0 Å². The van der Waals surface area contributed by atoms with Gasteiger partial charge in [0.1, 0.15) is 0 Å². The molecule has 0 heterocycles. The van der Waals surface area contributed by atoms with Crippen molar-refractivity contribution in [3.8, 4) is 0 Å². The predicted octanol–water partition coefficient (Wildman–Crippen LogP) is 2.85. The Morgan fingerprint density at radius 3 is 1.98 bits per heavy atom. The summed E-state index contributed by atoms with van der Waals surface area (Å²) >= 11 is 1.64. The molecule has 0 N–H and O–H groups in total. The predicted molar refractivity (Wildman–Crippen MR) is 170 cm³/mol. The Kier molecular flexibility index (Phi) is 13.6. The number of allylic oxidation sites excluding steroid dienone is 4. The van der Waals surface area contributed by atoms with Crippen LogP contribution in [0.15, 0.2) is 114 Å². The Labute approximate surface area is 283 Å². The fourth-order valence-electron chi connectivity index (χ4n) is 7.59. The zero-order valence-corrected chi connectivity index (χ0v) is 30.7. The molecule has 0 bridgehead atoms. The molecule has 0 amide bonds. The van der Waals surface area contributed by atoms with Gasteiger partial charge in [0.05, 0.1) is 0 Å². The molecule has 3 aromatic rings. The monoisotopic (exact) mass is 690 g/mol. The minimum Gasteiger partial charge on any atom is -0.214 e. The first kappa shape index (κ1) is 35.3. The third-order valence-corrected chi connectivity index (χ3v) is 16.5. The van der Waals surface area contributed by atoms with E-state index in [1.54, 1.807) is 29.3 Å². The van der Waals surface area contributed by atoms with Crippen LogP contribution in [0.25, 0.3) is 0 Å². The summed E-state index contributed by atoms with van der Waals surface area (Å²) in [6.07, 6.45) is 12.6. The maximum Gasteiger partial charge on any atom is -0.172 e. The second-order valence-corrected chi connectivity index (χ2v) is 18.5. The number of hydrogen-bond donors (Lipinski definition) is 0. The van der Waals surface area contributed by atoms with Gasteiger partial charge in [-0.25, -0.2) is 29.2 Å². The average Bonchev–Trinajstić information content (AvgIpc) is 3.69. The number of rotatable bonds is 2. The van der Waals surface area contributed by atoms with E-state index < -0.39 is 5.43 Å². The normalized spacial score (nSPS) is 24.9. The first-order valence-corrected chi connectivity index (χ1v) is 20.7. The fourth-order valence-corrected chi connectivity index (χ4v) is 11.4. The number of fused-ring (bicyclic) bond motifs is 4. The minimum absolute atomic E-state index is 0. The molecule has 4 atom stereocenters. The van der Waals surface area contributed by atoms with E-state index in [0.29, 0.717) is 5.41 Å². The molecular formula is C38H46Cl2SiZr-2. The summed E-state index contributed by atoms with van der Waals surface area (Å²) < 4.78 is 0. The molecule has 0 spiro atoms. The Bertz CT molecular complexity index is 1250. The molecular weight excluding hydrogens is 647 g/mol. The molecule has 0 nitrogen and oxygen atoms in total. The fraction of sp³-hybridized carbons (Fsp3) is 0.421. The summed E-state index contributed by atoms with van der Waals surface area (Å²) in [6.45, 7) is 9.92. The summed E-state index contributed by atoms with van der Waals surface area (Å²) in [7, 11) is 0. The van der Waals surface area contributed by atoms with Crippen molar-refractivity contribution in [3.63, 3.8) is 0 Å². The van der Waals surface area contributed by atoms with Crippen LogP contribution in [0.5, 0.6) is 0 Å². The van der Waals surface area contributed by atoms with Crippen molar-refractivity contribution in [2.45, 2.75) is 72.6 Å². The molecule has 7 rings (SSSR count). The van der Waals surface area contributed by atoms with Gasteiger partial charge in [-0.2, -0.15) is 18.2 Å². The van der Waals surface area contributed by atoms with Crippen LogP contribution in [0, 0.1) is 35.0 Å². The molecule has 42 heavy (non-hydrogen) atoms. The molecule has 3 aromatic carbocycles. The van der Waals surface area contributed by atoms with Crippen LogP contribution in [0.1, 0.15) is 72.6 Å². The van der Waals surface area contributed by atoms with Gasteiger partial charge in [-0.05, 0) is 37.5 Å². The standard InChI is InChI=1S/C21H31.C12H10Si.C5H5.2ClH.Zr/c1-13-11-16-9-10-18-17-8-6-5-7-15(17)12-19(18)20(16)14(2)21(13,3)4;1-3-7-11(8-4-1)13-12-9-5-2-6-10-12;1-2-4-5-3-1;;;/h7,13,16-18H,5-6,8-12H2,1-4H3;1-10H;1-5H;2*1H;/q-1;;-1;;;+2/p-2. The van der Waals surface area contributed by atoms with Crippen LogP contribution in [-0.4, -0.2) is 5.43 Å². The van der Waals surface area contributed by atoms with Gasteiger partial charge >= 0.3 is 99.8 Å². The molecule has 2 saturated carbocycles. The molecule has 4 heteroatoms. The van der Waals surface area contributed by atoms with Crippen LogP contribution >= 0.6 is 0 Å². The quantitative estimate of drug-likeness (QED) is 0.221. The van der Waals surface area contributed by atoms with Crippen molar-refractivity contribution in [2.75, 3.05) is 0 Å². The molecule has 4 aliphatic carbocycles. The van der Waals surface area contributed by atoms with Crippen LogP contribution < -0.4 is 35.2 Å². The van der Waals surface area contributed by atoms with E-state index in [1.807, 2.05) is 47.1 Å². The second kappa shape index (κ2) is 16.2. The molecule has 2 fully saturated rings. The summed E-state index contributed by atoms with van der Waals surface area (Å²) in [5, 5.41) is 3.03. The zero-order chi connectivity index (χ0) is 28.1. The molecule has 0 aliphatic heterocycles. The van der Waals surface area contributed by atoms with Gasteiger partial charge in [-0.15, -0.1) is 6.92 Å².